The first-order chi connectivity index (χ1) is 14.5. The summed E-state index contributed by atoms with van der Waals surface area (Å²) in [5.41, 5.74) is 0.522. The van der Waals surface area contributed by atoms with E-state index in [4.69, 9.17) is 5.11 Å². The minimum absolute atomic E-state index is 0. The van der Waals surface area contributed by atoms with E-state index in [1.165, 1.54) is 6.42 Å². The summed E-state index contributed by atoms with van der Waals surface area (Å²) in [6.45, 7) is 35.5. The van der Waals surface area contributed by atoms with Crippen LogP contribution in [-0.4, -0.2) is 46.1 Å². The molecule has 4 nitrogen and oxygen atoms in total. The summed E-state index contributed by atoms with van der Waals surface area (Å²) in [5, 5.41) is 7.00. The van der Waals surface area contributed by atoms with Gasteiger partial charge in [0.05, 0.1) is 0 Å². The minimum atomic E-state index is 0. The zero-order chi connectivity index (χ0) is 28.2. The fourth-order valence-electron chi connectivity index (χ4n) is 1.22. The summed E-state index contributed by atoms with van der Waals surface area (Å²) in [4.78, 5) is 0. The molecule has 0 saturated carbocycles. The van der Waals surface area contributed by atoms with Gasteiger partial charge in [-0.3, -0.25) is 0 Å². The van der Waals surface area contributed by atoms with Gasteiger partial charge in [-0.1, -0.05) is 102 Å². The Morgan fingerprint density at radius 2 is 0.818 bits per heavy atom. The molecule has 0 rings (SSSR count). The van der Waals surface area contributed by atoms with Crippen LogP contribution in [0.1, 0.15) is 111 Å². The van der Waals surface area contributed by atoms with Gasteiger partial charge in [-0.25, -0.2) is 0 Å². The summed E-state index contributed by atoms with van der Waals surface area (Å²) in [5.74, 6) is 2.51. The standard InChI is InChI=1S/C8H18.2C4H10.2C4H8.2C2H6O.CH4O.H2O.H2/c1-7(2)6-8(3,4)5;2*1-4(2)3;2*1-3-4-2;2*1-3-2;1-2;;/h7H,6H2,1-5H3;2*4H,1-3H3;2*3H,1,4H2,2H3;2*1-2H3;2H,1H3;1H2;1H. The highest BCUT2D eigenvalue weighted by molar-refractivity contribution is 4.62. The maximum Gasteiger partial charge on any atom is 0.0351 e. The number of methoxy groups -OCH3 is 2. The van der Waals surface area contributed by atoms with Crippen molar-refractivity contribution < 1.29 is 21.5 Å². The van der Waals surface area contributed by atoms with Crippen LogP contribution in [0.25, 0.3) is 0 Å². The highest BCUT2D eigenvalue weighted by atomic mass is 16.5. The number of hydrogen-bond donors (Lipinski definition) is 1. The maximum absolute atomic E-state index is 7.00. The second-order valence-electron chi connectivity index (χ2n) is 9.83. The number of aliphatic hydroxyl groups is 1. The molecule has 4 heteroatoms. The van der Waals surface area contributed by atoms with Gasteiger partial charge in [0.2, 0.25) is 0 Å². The number of allylic oxidation sites excluding steroid dienone is 2. The molecule has 0 fully saturated rings. The lowest BCUT2D eigenvalue weighted by atomic mass is 9.86. The van der Waals surface area contributed by atoms with Crippen molar-refractivity contribution in [1.29, 1.82) is 0 Å². The zero-order valence-electron chi connectivity index (χ0n) is 26.7. The van der Waals surface area contributed by atoms with Crippen LogP contribution < -0.4 is 0 Å². The van der Waals surface area contributed by atoms with Crippen LogP contribution in [0.3, 0.4) is 0 Å². The monoisotopic (exact) mass is 487 g/mol. The molecule has 0 heterocycles. The molecule has 0 aromatic heterocycles. The highest BCUT2D eigenvalue weighted by Crippen LogP contribution is 2.23. The first-order valence-electron chi connectivity index (χ1n) is 12.0. The van der Waals surface area contributed by atoms with Gasteiger partial charge in [-0.15, -0.1) is 13.2 Å². The van der Waals surface area contributed by atoms with E-state index >= 15 is 0 Å². The molecule has 0 saturated heterocycles. The molecule has 214 valence electrons. The van der Waals surface area contributed by atoms with Crippen LogP contribution >= 0.6 is 0 Å². The van der Waals surface area contributed by atoms with Crippen molar-refractivity contribution in [3.63, 3.8) is 0 Å². The predicted molar refractivity (Wildman–Crippen MR) is 161 cm³/mol. The Labute approximate surface area is 215 Å². The lowest BCUT2D eigenvalue weighted by molar-refractivity contribution is 0.277. The second kappa shape index (κ2) is 63.3. The quantitative estimate of drug-likeness (QED) is 0.404. The second-order valence-corrected chi connectivity index (χ2v) is 9.83. The third-order valence-corrected chi connectivity index (χ3v) is 1.60. The van der Waals surface area contributed by atoms with Gasteiger partial charge >= 0.3 is 0 Å². The van der Waals surface area contributed by atoms with Crippen LogP contribution in [0.4, 0.5) is 0 Å². The molecule has 0 aromatic carbocycles. The molecule has 0 bridgehead atoms. The summed E-state index contributed by atoms with van der Waals surface area (Å²) < 4.78 is 8.50. The van der Waals surface area contributed by atoms with Crippen molar-refractivity contribution in [1.82, 2.24) is 0 Å². The molecule has 3 N–H and O–H groups in total. The highest BCUT2D eigenvalue weighted by Gasteiger charge is 2.11. The first-order valence-corrected chi connectivity index (χ1v) is 12.0. The minimum Gasteiger partial charge on any atom is -0.412 e. The third-order valence-electron chi connectivity index (χ3n) is 1.60. The van der Waals surface area contributed by atoms with E-state index in [0.717, 1.165) is 37.7 Å². The third kappa shape index (κ3) is 674. The smallest absolute Gasteiger partial charge is 0.0351 e. The molecule has 0 amide bonds. The molecule has 33 heavy (non-hydrogen) atoms. The van der Waals surface area contributed by atoms with Crippen molar-refractivity contribution >= 4 is 0 Å². The maximum atomic E-state index is 7.00. The van der Waals surface area contributed by atoms with E-state index in [1.807, 2.05) is 12.2 Å². The van der Waals surface area contributed by atoms with E-state index in [1.54, 1.807) is 28.4 Å². The Hall–Kier alpha value is -0.680. The largest absolute Gasteiger partial charge is 0.412 e. The van der Waals surface area contributed by atoms with E-state index in [9.17, 15) is 0 Å². The average molecular weight is 487 g/mol. The summed E-state index contributed by atoms with van der Waals surface area (Å²) in [7, 11) is 7.50. The first kappa shape index (κ1) is 58.3. The van der Waals surface area contributed by atoms with Crippen molar-refractivity contribution in [2.24, 2.45) is 23.2 Å². The predicted octanol–water partition coefficient (Wildman–Crippen LogP) is 9.12. The van der Waals surface area contributed by atoms with E-state index in [0.29, 0.717) is 5.41 Å². The van der Waals surface area contributed by atoms with Gasteiger partial charge in [0.1, 0.15) is 0 Å². The molecule has 0 spiro atoms. The van der Waals surface area contributed by atoms with Gasteiger partial charge < -0.3 is 20.1 Å². The fraction of sp³-hybridized carbons (Fsp3) is 0.862. The molecule has 0 aromatic rings. The Morgan fingerprint density at radius 3 is 0.818 bits per heavy atom. The Kier molecular flexibility index (Phi) is 112. The van der Waals surface area contributed by atoms with Gasteiger partial charge in [0.25, 0.3) is 0 Å². The average Bonchev–Trinajstić information content (AvgIpc) is 2.62. The lowest BCUT2D eigenvalue weighted by Gasteiger charge is -2.19. The van der Waals surface area contributed by atoms with Crippen molar-refractivity contribution in [2.45, 2.75) is 109 Å². The van der Waals surface area contributed by atoms with Crippen LogP contribution in [0.5, 0.6) is 0 Å². The zero-order valence-corrected chi connectivity index (χ0v) is 26.7. The SMILES string of the molecule is C=CCC.C=CCC.CC(C)C.CC(C)C.CC(C)CC(C)(C)C.CO.COC.COC.O.[HH]. The number of ether oxygens (including phenoxy) is 2. The van der Waals surface area contributed by atoms with Gasteiger partial charge in [0.15, 0.2) is 0 Å². The molecule has 0 aliphatic rings. The van der Waals surface area contributed by atoms with Crippen LogP contribution in [-0.2, 0) is 9.47 Å². The van der Waals surface area contributed by atoms with Gasteiger partial charge in [-0.05, 0) is 42.4 Å². The van der Waals surface area contributed by atoms with Crippen LogP contribution in [0.15, 0.2) is 25.3 Å². The lowest BCUT2D eigenvalue weighted by Crippen LogP contribution is -2.08. The van der Waals surface area contributed by atoms with E-state index < -0.39 is 0 Å². The molecule has 0 unspecified atom stereocenters. The molecular formula is C29H74O4. The van der Waals surface area contributed by atoms with Crippen LogP contribution in [0, 0.1) is 23.2 Å². The van der Waals surface area contributed by atoms with E-state index in [-0.39, 0.29) is 6.90 Å². The summed E-state index contributed by atoms with van der Waals surface area (Å²) in [6.07, 6.45) is 7.24. The normalized spacial score (nSPS) is 8.06. The molecule has 0 atom stereocenters. The van der Waals surface area contributed by atoms with Gasteiger partial charge in [0, 0.05) is 37.0 Å². The Bertz CT molecular complexity index is 227. The number of rotatable bonds is 3. The molecular weight excluding hydrogens is 412 g/mol. The Morgan fingerprint density at radius 1 is 0.697 bits per heavy atom. The van der Waals surface area contributed by atoms with Crippen molar-refractivity contribution in [3.05, 3.63) is 25.3 Å². The number of aliphatic hydroxyl groups excluding tert-OH is 1. The number of hydrogen-bond acceptors (Lipinski definition) is 3. The van der Waals surface area contributed by atoms with Crippen molar-refractivity contribution in [3.8, 4) is 0 Å². The van der Waals surface area contributed by atoms with Gasteiger partial charge in [-0.2, -0.15) is 0 Å². The van der Waals surface area contributed by atoms with Crippen molar-refractivity contribution in [2.75, 3.05) is 35.5 Å². The molecule has 0 radical (unpaired) electrons. The van der Waals surface area contributed by atoms with E-state index in [2.05, 4.69) is 113 Å². The molecule has 0 aliphatic heterocycles. The molecule has 0 aliphatic carbocycles. The topological polar surface area (TPSA) is 70.2 Å². The van der Waals surface area contributed by atoms with Crippen LogP contribution in [0.2, 0.25) is 0 Å². The fourth-order valence-corrected chi connectivity index (χ4v) is 1.22. The Balaban J connectivity index is -0.0000000249. The summed E-state index contributed by atoms with van der Waals surface area (Å²) in [6, 6.07) is 0. The summed E-state index contributed by atoms with van der Waals surface area (Å²) >= 11 is 0.